The van der Waals surface area contributed by atoms with E-state index < -0.39 is 10.8 Å². The van der Waals surface area contributed by atoms with Gasteiger partial charge in [0.25, 0.3) is 0 Å². The Kier molecular flexibility index (Phi) is 6.89. The first-order valence-corrected chi connectivity index (χ1v) is 15.1. The van der Waals surface area contributed by atoms with Crippen molar-refractivity contribution in [2.24, 2.45) is 0 Å². The van der Waals surface area contributed by atoms with Gasteiger partial charge in [0, 0.05) is 45.8 Å². The number of pyridine rings is 2. The molecule has 0 saturated heterocycles. The number of fused-ring (bicyclic) bond motifs is 1. The molecule has 6 rings (SSSR count). The number of hydrogen-bond acceptors (Lipinski definition) is 7. The van der Waals surface area contributed by atoms with Crippen LogP contribution in [-0.2, 0) is 10.8 Å². The van der Waals surface area contributed by atoms with Crippen LogP contribution in [0.4, 0.5) is 5.95 Å². The van der Waals surface area contributed by atoms with Gasteiger partial charge in [-0.05, 0) is 87.4 Å². The second-order valence-corrected chi connectivity index (χ2v) is 12.2. The topological polar surface area (TPSA) is 89.9 Å². The fourth-order valence-electron chi connectivity index (χ4n) is 4.86. The first-order chi connectivity index (χ1) is 18.8. The summed E-state index contributed by atoms with van der Waals surface area (Å²) >= 11 is 0. The molecule has 3 heterocycles. The minimum absolute atomic E-state index is 0.208. The number of nitrogens with one attached hydrogen (secondary N) is 1. The molecule has 3 aromatic rings. The number of hydrogen-bond donors (Lipinski definition) is 1. The van der Waals surface area contributed by atoms with Crippen LogP contribution in [-0.4, -0.2) is 42.5 Å². The van der Waals surface area contributed by atoms with Crippen LogP contribution < -0.4 is 10.1 Å². The van der Waals surface area contributed by atoms with Gasteiger partial charge in [0.2, 0.25) is 11.8 Å². The van der Waals surface area contributed by atoms with Gasteiger partial charge in [-0.2, -0.15) is 4.98 Å². The van der Waals surface area contributed by atoms with Crippen molar-refractivity contribution in [3.63, 3.8) is 0 Å². The highest BCUT2D eigenvalue weighted by atomic mass is 32.2. The van der Waals surface area contributed by atoms with Gasteiger partial charge in [0.1, 0.15) is 5.60 Å². The van der Waals surface area contributed by atoms with E-state index in [4.69, 9.17) is 19.7 Å². The summed E-state index contributed by atoms with van der Waals surface area (Å²) in [4.78, 5) is 20.1. The molecular formula is C31H33N5O2S. The normalized spacial score (nSPS) is 20.6. The van der Waals surface area contributed by atoms with Crippen LogP contribution in [0.15, 0.2) is 71.2 Å². The van der Waals surface area contributed by atoms with Crippen molar-refractivity contribution in [2.75, 3.05) is 18.1 Å². The molecule has 3 aliphatic carbocycles. The Bertz CT molecular complexity index is 1590. The van der Waals surface area contributed by atoms with E-state index in [1.165, 1.54) is 5.57 Å². The molecule has 1 fully saturated rings. The van der Waals surface area contributed by atoms with Crippen molar-refractivity contribution in [3.05, 3.63) is 88.3 Å². The van der Waals surface area contributed by atoms with Gasteiger partial charge >= 0.3 is 0 Å². The van der Waals surface area contributed by atoms with Crippen molar-refractivity contribution in [2.45, 2.75) is 57.5 Å². The predicted molar refractivity (Wildman–Crippen MR) is 157 cm³/mol. The molecule has 2 atom stereocenters. The van der Waals surface area contributed by atoms with E-state index in [2.05, 4.69) is 53.7 Å². The highest BCUT2D eigenvalue weighted by Crippen LogP contribution is 2.41. The monoisotopic (exact) mass is 539 g/mol. The lowest BCUT2D eigenvalue weighted by Gasteiger charge is -2.18. The van der Waals surface area contributed by atoms with Gasteiger partial charge in [0.15, 0.2) is 5.52 Å². The first-order valence-electron chi connectivity index (χ1n) is 13.5. The summed E-state index contributed by atoms with van der Waals surface area (Å²) in [6, 6.07) is 10.1. The van der Waals surface area contributed by atoms with E-state index in [0.717, 1.165) is 65.2 Å². The number of allylic oxidation sites excluding steroid dienone is 6. The fourth-order valence-corrected chi connectivity index (χ4v) is 5.55. The summed E-state index contributed by atoms with van der Waals surface area (Å²) < 4.78 is 18.4. The summed E-state index contributed by atoms with van der Waals surface area (Å²) in [5.41, 5.74) is 6.30. The summed E-state index contributed by atoms with van der Waals surface area (Å²) in [5.74, 6) is 1.32. The van der Waals surface area contributed by atoms with Crippen LogP contribution in [0.25, 0.3) is 16.6 Å². The molecular weight excluding hydrogens is 506 g/mol. The lowest BCUT2D eigenvalue weighted by atomic mass is 9.93. The van der Waals surface area contributed by atoms with Crippen LogP contribution in [0.5, 0.6) is 5.88 Å². The first kappa shape index (κ1) is 25.6. The minimum Gasteiger partial charge on any atom is -0.470 e. The smallest absolute Gasteiger partial charge is 0.246 e. The zero-order chi connectivity index (χ0) is 27.0. The largest absolute Gasteiger partial charge is 0.470 e. The molecule has 8 heteroatoms. The minimum atomic E-state index is -0.982. The molecule has 1 N–H and O–H groups in total. The predicted octanol–water partition coefficient (Wildman–Crippen LogP) is 6.18. The van der Waals surface area contributed by atoms with Gasteiger partial charge in [-0.1, -0.05) is 30.4 Å². The number of anilines is 1. The Morgan fingerprint density at radius 3 is 2.72 bits per heavy atom. The molecule has 2 unspecified atom stereocenters. The van der Waals surface area contributed by atoms with Crippen molar-refractivity contribution in [1.82, 2.24) is 19.9 Å². The lowest BCUT2D eigenvalue weighted by Crippen LogP contribution is -2.16. The maximum Gasteiger partial charge on any atom is 0.246 e. The molecule has 0 bridgehead atoms. The van der Waals surface area contributed by atoms with E-state index in [1.54, 1.807) is 6.26 Å². The zero-order valence-corrected chi connectivity index (χ0v) is 23.4. The second-order valence-electron chi connectivity index (χ2n) is 10.8. The van der Waals surface area contributed by atoms with Crippen LogP contribution >= 0.6 is 0 Å². The maximum atomic E-state index is 12.0. The third-order valence-electron chi connectivity index (χ3n) is 7.46. The van der Waals surface area contributed by atoms with E-state index >= 15 is 0 Å². The van der Waals surface area contributed by atoms with E-state index in [-0.39, 0.29) is 5.60 Å². The summed E-state index contributed by atoms with van der Waals surface area (Å²) in [5, 5.41) is 3.39. The van der Waals surface area contributed by atoms with Crippen LogP contribution in [0.2, 0.25) is 0 Å². The molecule has 0 spiro atoms. The number of aromatic nitrogens is 4. The maximum absolute atomic E-state index is 12.0. The lowest BCUT2D eigenvalue weighted by molar-refractivity contribution is 0.194. The number of nitrogens with zero attached hydrogens (tertiary/aromatic N) is 4. The Hall–Kier alpha value is -3.65. The van der Waals surface area contributed by atoms with Gasteiger partial charge < -0.3 is 10.1 Å². The standard InChI is InChI=1S/C31H33N5O2S/c1-20-6-4-9-25(33-20)22-12-10-21(11-13-22)19-32-30-35-27-15-14-26(23-7-5-8-24(18-23)39(3)37)34-28(27)29(36-30)38-31(2)16-17-31/h4,6-7,9-12,14-15,18,22H,5,8,13,16-17,19H2,1-3H3,(H,32,35,36). The molecule has 39 heavy (non-hydrogen) atoms. The third kappa shape index (κ3) is 5.86. The van der Waals surface area contributed by atoms with E-state index in [9.17, 15) is 4.21 Å². The Morgan fingerprint density at radius 2 is 1.97 bits per heavy atom. The van der Waals surface area contributed by atoms with Crippen molar-refractivity contribution >= 4 is 33.4 Å². The van der Waals surface area contributed by atoms with Gasteiger partial charge in [0.05, 0.1) is 11.2 Å². The fraction of sp³-hybridized carbons (Fsp3) is 0.355. The number of rotatable bonds is 8. The van der Waals surface area contributed by atoms with Crippen LogP contribution in [0.1, 0.15) is 62.0 Å². The van der Waals surface area contributed by atoms with Gasteiger partial charge in [-0.3, -0.25) is 9.19 Å². The van der Waals surface area contributed by atoms with Crippen molar-refractivity contribution < 1.29 is 8.95 Å². The van der Waals surface area contributed by atoms with E-state index in [1.807, 2.05) is 31.2 Å². The Balaban J connectivity index is 1.23. The molecule has 200 valence electrons. The van der Waals surface area contributed by atoms with Crippen LogP contribution in [0.3, 0.4) is 0 Å². The van der Waals surface area contributed by atoms with Gasteiger partial charge in [-0.15, -0.1) is 0 Å². The number of ether oxygens (including phenoxy) is 1. The third-order valence-corrected chi connectivity index (χ3v) is 8.52. The quantitative estimate of drug-likeness (QED) is 0.365. The highest BCUT2D eigenvalue weighted by molar-refractivity contribution is 7.88. The molecule has 3 aromatic heterocycles. The molecule has 0 aliphatic heterocycles. The Labute approximate surface area is 231 Å². The van der Waals surface area contributed by atoms with Gasteiger partial charge in [-0.25, -0.2) is 9.97 Å². The van der Waals surface area contributed by atoms with Crippen molar-refractivity contribution in [3.8, 4) is 5.88 Å². The van der Waals surface area contributed by atoms with Crippen molar-refractivity contribution in [1.29, 1.82) is 0 Å². The molecule has 7 nitrogen and oxygen atoms in total. The average Bonchev–Trinajstić information content (AvgIpc) is 3.68. The molecule has 1 saturated carbocycles. The second kappa shape index (κ2) is 10.5. The zero-order valence-electron chi connectivity index (χ0n) is 22.6. The molecule has 3 aliphatic rings. The summed E-state index contributed by atoms with van der Waals surface area (Å²) in [6.45, 7) is 4.75. The molecule has 0 aromatic carbocycles. The summed E-state index contributed by atoms with van der Waals surface area (Å²) in [6.07, 6.45) is 17.1. The van der Waals surface area contributed by atoms with Crippen LogP contribution in [0, 0.1) is 6.92 Å². The Morgan fingerprint density at radius 1 is 1.10 bits per heavy atom. The average molecular weight is 540 g/mol. The van der Waals surface area contributed by atoms with E-state index in [0.29, 0.717) is 29.8 Å². The highest BCUT2D eigenvalue weighted by Gasteiger charge is 2.41. The number of aryl methyl sites for hydroxylation is 1. The molecule has 0 radical (unpaired) electrons. The summed E-state index contributed by atoms with van der Waals surface area (Å²) in [7, 11) is -0.982. The molecule has 0 amide bonds. The SMILES string of the molecule is Cc1cccc(C2C=CC(CNc3nc(OC4(C)CC4)c4nc(C5=CCCC(S(C)=O)=C5)ccc4n3)=CC2)n1.